The average Bonchev–Trinajstić information content (AvgIpc) is 3.19. The van der Waals surface area contributed by atoms with Crippen molar-refractivity contribution in [2.75, 3.05) is 0 Å². The van der Waals surface area contributed by atoms with Gasteiger partial charge in [0.25, 0.3) is 0 Å². The van der Waals surface area contributed by atoms with Crippen LogP contribution < -0.4 is 5.32 Å². The molecule has 1 N–H and O–H groups in total. The number of hydrazone groups is 1. The van der Waals surface area contributed by atoms with Crippen LogP contribution in [0.5, 0.6) is 0 Å². The molecule has 1 aliphatic rings. The van der Waals surface area contributed by atoms with E-state index in [0.29, 0.717) is 29.4 Å². The first-order valence-corrected chi connectivity index (χ1v) is 10.0. The molecule has 1 heterocycles. The Labute approximate surface area is 175 Å². The van der Waals surface area contributed by atoms with Crippen molar-refractivity contribution in [1.82, 2.24) is 10.3 Å². The predicted octanol–water partition coefficient (Wildman–Crippen LogP) is 5.36. The fourth-order valence-electron chi connectivity index (χ4n) is 3.46. The van der Waals surface area contributed by atoms with Crippen molar-refractivity contribution in [3.8, 4) is 0 Å². The molecule has 1 unspecified atom stereocenters. The summed E-state index contributed by atoms with van der Waals surface area (Å²) in [6, 6.07) is 25.1. The summed E-state index contributed by atoms with van der Waals surface area (Å²) >= 11 is 5.67. The molecule has 0 fully saturated rings. The molecule has 4 rings (SSSR count). The van der Waals surface area contributed by atoms with Crippen LogP contribution in [-0.2, 0) is 6.54 Å². The maximum absolute atomic E-state index is 14.4. The van der Waals surface area contributed by atoms with Crippen LogP contribution in [0.25, 0.3) is 0 Å². The highest BCUT2D eigenvalue weighted by atomic mass is 32.1. The summed E-state index contributed by atoms with van der Waals surface area (Å²) in [5, 5.41) is 10.4. The molecule has 5 heteroatoms. The Kier molecular flexibility index (Phi) is 5.67. The molecule has 0 aliphatic carbocycles. The van der Waals surface area contributed by atoms with Crippen molar-refractivity contribution in [3.05, 3.63) is 107 Å². The molecule has 146 valence electrons. The first-order valence-electron chi connectivity index (χ1n) is 9.62. The van der Waals surface area contributed by atoms with Gasteiger partial charge in [-0.25, -0.2) is 9.40 Å². The standard InChI is InChI=1S/C24H22FN3S/c1-17-11-13-19(14-12-17)23-15-22(20-9-5-6-10-21(20)25)27-28(23)24(29)26-16-18-7-3-2-4-8-18/h2-14,23H,15-16H2,1H3,(H,26,29). The monoisotopic (exact) mass is 403 g/mol. The van der Waals surface area contributed by atoms with Crippen LogP contribution >= 0.6 is 12.2 Å². The lowest BCUT2D eigenvalue weighted by Crippen LogP contribution is -2.36. The lowest BCUT2D eigenvalue weighted by atomic mass is 9.97. The molecule has 3 aromatic carbocycles. The van der Waals surface area contributed by atoms with Crippen molar-refractivity contribution >= 4 is 23.0 Å². The van der Waals surface area contributed by atoms with Crippen LogP contribution in [0, 0.1) is 12.7 Å². The fraction of sp³-hybridized carbons (Fsp3) is 0.167. The van der Waals surface area contributed by atoms with Crippen LogP contribution in [0.1, 0.15) is 34.7 Å². The van der Waals surface area contributed by atoms with Gasteiger partial charge in [0.1, 0.15) is 5.82 Å². The third-order valence-corrected chi connectivity index (χ3v) is 5.38. The number of benzene rings is 3. The number of nitrogens with one attached hydrogen (secondary N) is 1. The fourth-order valence-corrected chi connectivity index (χ4v) is 3.70. The van der Waals surface area contributed by atoms with Gasteiger partial charge in [-0.15, -0.1) is 0 Å². The van der Waals surface area contributed by atoms with E-state index in [2.05, 4.69) is 36.5 Å². The number of nitrogens with zero attached hydrogens (tertiary/aromatic N) is 2. The van der Waals surface area contributed by atoms with Gasteiger partial charge in [-0.2, -0.15) is 5.10 Å². The summed E-state index contributed by atoms with van der Waals surface area (Å²) in [6.07, 6.45) is 0.594. The van der Waals surface area contributed by atoms with Crippen LogP contribution in [0.4, 0.5) is 4.39 Å². The quantitative estimate of drug-likeness (QED) is 0.594. The average molecular weight is 404 g/mol. The van der Waals surface area contributed by atoms with Crippen LogP contribution in [0.2, 0.25) is 0 Å². The Morgan fingerprint density at radius 2 is 1.72 bits per heavy atom. The van der Waals surface area contributed by atoms with Crippen LogP contribution in [0.15, 0.2) is 84.0 Å². The number of hydrogen-bond donors (Lipinski definition) is 1. The Balaban J connectivity index is 1.61. The van der Waals surface area contributed by atoms with E-state index >= 15 is 0 Å². The highest BCUT2D eigenvalue weighted by Gasteiger charge is 2.32. The second-order valence-electron chi connectivity index (χ2n) is 7.15. The third-order valence-electron chi connectivity index (χ3n) is 5.05. The van der Waals surface area contributed by atoms with Crippen LogP contribution in [-0.4, -0.2) is 15.8 Å². The SMILES string of the molecule is Cc1ccc(C2CC(c3ccccc3F)=NN2C(=S)NCc2ccccc2)cc1. The molecule has 0 radical (unpaired) electrons. The first kappa shape index (κ1) is 19.3. The normalized spacial score (nSPS) is 15.9. The summed E-state index contributed by atoms with van der Waals surface area (Å²) in [7, 11) is 0. The second-order valence-corrected chi connectivity index (χ2v) is 7.53. The molecule has 0 aromatic heterocycles. The maximum Gasteiger partial charge on any atom is 0.190 e. The zero-order valence-electron chi connectivity index (χ0n) is 16.2. The number of aryl methyl sites for hydroxylation is 1. The van der Waals surface area contributed by atoms with E-state index in [0.717, 1.165) is 11.1 Å². The Morgan fingerprint density at radius 1 is 1.03 bits per heavy atom. The molecule has 0 amide bonds. The largest absolute Gasteiger partial charge is 0.357 e. The van der Waals surface area contributed by atoms with Crippen molar-refractivity contribution in [2.24, 2.45) is 5.10 Å². The summed E-state index contributed by atoms with van der Waals surface area (Å²) in [5.74, 6) is -0.265. The molecule has 0 spiro atoms. The molecule has 0 saturated carbocycles. The van der Waals surface area contributed by atoms with E-state index in [1.54, 1.807) is 12.1 Å². The number of halogens is 1. The van der Waals surface area contributed by atoms with E-state index in [1.165, 1.54) is 11.6 Å². The predicted molar refractivity (Wildman–Crippen MR) is 119 cm³/mol. The molecule has 0 saturated heterocycles. The van der Waals surface area contributed by atoms with E-state index in [1.807, 2.05) is 41.4 Å². The van der Waals surface area contributed by atoms with E-state index in [4.69, 9.17) is 17.3 Å². The van der Waals surface area contributed by atoms with Gasteiger partial charge in [-0.3, -0.25) is 0 Å². The number of rotatable bonds is 4. The zero-order valence-corrected chi connectivity index (χ0v) is 17.0. The number of thiocarbonyl (C=S) groups is 1. The second kappa shape index (κ2) is 8.53. The van der Waals surface area contributed by atoms with Gasteiger partial charge in [0, 0.05) is 18.5 Å². The minimum Gasteiger partial charge on any atom is -0.357 e. The van der Waals surface area contributed by atoms with Crippen molar-refractivity contribution in [1.29, 1.82) is 0 Å². The van der Waals surface area contributed by atoms with Gasteiger partial charge in [0.05, 0.1) is 11.8 Å². The summed E-state index contributed by atoms with van der Waals surface area (Å²) in [6.45, 7) is 2.67. The van der Waals surface area contributed by atoms with Crippen LogP contribution in [0.3, 0.4) is 0 Å². The van der Waals surface area contributed by atoms with Crippen molar-refractivity contribution in [2.45, 2.75) is 25.9 Å². The minimum atomic E-state index is -0.265. The molecule has 3 aromatic rings. The summed E-state index contributed by atoms with van der Waals surface area (Å²) < 4.78 is 14.4. The lowest BCUT2D eigenvalue weighted by molar-refractivity contribution is 0.364. The molecule has 1 atom stereocenters. The van der Waals surface area contributed by atoms with Gasteiger partial charge >= 0.3 is 0 Å². The highest BCUT2D eigenvalue weighted by Crippen LogP contribution is 2.33. The van der Waals surface area contributed by atoms with Crippen molar-refractivity contribution < 1.29 is 4.39 Å². The smallest absolute Gasteiger partial charge is 0.190 e. The molecule has 0 bridgehead atoms. The van der Waals surface area contributed by atoms with Gasteiger partial charge in [0.2, 0.25) is 0 Å². The zero-order chi connectivity index (χ0) is 20.2. The maximum atomic E-state index is 14.4. The Bertz CT molecular complexity index is 1030. The Morgan fingerprint density at radius 3 is 2.45 bits per heavy atom. The third kappa shape index (κ3) is 4.35. The van der Waals surface area contributed by atoms with Gasteiger partial charge in [-0.1, -0.05) is 78.4 Å². The minimum absolute atomic E-state index is 0.0685. The first-order chi connectivity index (χ1) is 14.1. The highest BCUT2D eigenvalue weighted by molar-refractivity contribution is 7.80. The molecular weight excluding hydrogens is 381 g/mol. The summed E-state index contributed by atoms with van der Waals surface area (Å²) in [5.41, 5.74) is 4.67. The van der Waals surface area contributed by atoms with E-state index in [-0.39, 0.29) is 11.9 Å². The van der Waals surface area contributed by atoms with Crippen molar-refractivity contribution in [3.63, 3.8) is 0 Å². The summed E-state index contributed by atoms with van der Waals surface area (Å²) in [4.78, 5) is 0. The Hall–Kier alpha value is -3.05. The molecule has 29 heavy (non-hydrogen) atoms. The number of hydrogen-bond acceptors (Lipinski definition) is 2. The van der Waals surface area contributed by atoms with Gasteiger partial charge in [-0.05, 0) is 36.3 Å². The molecule has 3 nitrogen and oxygen atoms in total. The molecular formula is C24H22FN3S. The van der Waals surface area contributed by atoms with E-state index in [9.17, 15) is 4.39 Å². The van der Waals surface area contributed by atoms with Gasteiger partial charge in [0.15, 0.2) is 5.11 Å². The van der Waals surface area contributed by atoms with E-state index < -0.39 is 0 Å². The lowest BCUT2D eigenvalue weighted by Gasteiger charge is -2.25. The molecule has 1 aliphatic heterocycles. The topological polar surface area (TPSA) is 27.6 Å². The van der Waals surface area contributed by atoms with Gasteiger partial charge < -0.3 is 5.32 Å².